The zero-order valence-corrected chi connectivity index (χ0v) is 11.7. The number of hydrogen-bond donors (Lipinski definition) is 2. The highest BCUT2D eigenvalue weighted by Crippen LogP contribution is 2.23. The van der Waals surface area contributed by atoms with Crippen LogP contribution in [0.2, 0.25) is 0 Å². The van der Waals surface area contributed by atoms with Crippen LogP contribution in [0.25, 0.3) is 16.8 Å². The molecule has 0 atom stereocenters. The van der Waals surface area contributed by atoms with Crippen LogP contribution in [0.4, 0.5) is 0 Å². The Balaban J connectivity index is 2.04. The van der Waals surface area contributed by atoms with Crippen molar-refractivity contribution < 1.29 is 5.11 Å². The third-order valence-electron chi connectivity index (χ3n) is 3.63. The minimum absolute atomic E-state index is 0.0324. The summed E-state index contributed by atoms with van der Waals surface area (Å²) in [6.07, 6.45) is 4.11. The minimum atomic E-state index is 0.0324. The molecule has 3 heteroatoms. The molecule has 0 fully saturated rings. The van der Waals surface area contributed by atoms with Crippen LogP contribution in [-0.2, 0) is 13.2 Å². The van der Waals surface area contributed by atoms with Gasteiger partial charge in [-0.1, -0.05) is 42.5 Å². The van der Waals surface area contributed by atoms with Crippen LogP contribution in [0, 0.1) is 0 Å². The van der Waals surface area contributed by atoms with Crippen molar-refractivity contribution in [1.29, 1.82) is 0 Å². The molecule has 0 amide bonds. The topological polar surface area (TPSA) is 51.2 Å². The van der Waals surface area contributed by atoms with Crippen LogP contribution in [0.3, 0.4) is 0 Å². The molecule has 3 N–H and O–H groups in total. The van der Waals surface area contributed by atoms with E-state index in [0.29, 0.717) is 6.54 Å². The summed E-state index contributed by atoms with van der Waals surface area (Å²) >= 11 is 0. The molecule has 0 saturated carbocycles. The van der Waals surface area contributed by atoms with E-state index in [2.05, 4.69) is 29.0 Å². The van der Waals surface area contributed by atoms with Gasteiger partial charge in [0.05, 0.1) is 6.61 Å². The first kappa shape index (κ1) is 13.6. The van der Waals surface area contributed by atoms with Crippen molar-refractivity contribution in [2.45, 2.75) is 13.2 Å². The molecule has 1 heterocycles. The Morgan fingerprint density at radius 1 is 0.952 bits per heavy atom. The first-order valence-corrected chi connectivity index (χ1v) is 6.98. The number of nitrogens with zero attached hydrogens (tertiary/aromatic N) is 1. The van der Waals surface area contributed by atoms with Gasteiger partial charge in [-0.05, 0) is 34.4 Å². The Hall–Kier alpha value is -2.36. The predicted octanol–water partition coefficient (Wildman–Crippen LogP) is 3.10. The summed E-state index contributed by atoms with van der Waals surface area (Å²) in [5.41, 5.74) is 11.1. The molecule has 0 aliphatic carbocycles. The number of hydrogen-bond acceptors (Lipinski definition) is 2. The van der Waals surface area contributed by atoms with Gasteiger partial charge in [0.2, 0.25) is 0 Å². The van der Waals surface area contributed by atoms with Crippen molar-refractivity contribution in [2.24, 2.45) is 5.73 Å². The SMILES string of the molecule is NCc1ccc(CO)cc1-n1ccc(-c2ccccc2)c1. The second-order valence-corrected chi connectivity index (χ2v) is 5.00. The monoisotopic (exact) mass is 278 g/mol. The summed E-state index contributed by atoms with van der Waals surface area (Å²) in [7, 11) is 0. The Kier molecular flexibility index (Phi) is 3.86. The molecular formula is C18H18N2O. The minimum Gasteiger partial charge on any atom is -0.392 e. The van der Waals surface area contributed by atoms with Crippen molar-refractivity contribution in [1.82, 2.24) is 4.57 Å². The largest absolute Gasteiger partial charge is 0.392 e. The number of aromatic nitrogens is 1. The lowest BCUT2D eigenvalue weighted by molar-refractivity contribution is 0.282. The predicted molar refractivity (Wildman–Crippen MR) is 85.0 cm³/mol. The van der Waals surface area contributed by atoms with Gasteiger partial charge < -0.3 is 15.4 Å². The maximum atomic E-state index is 9.32. The Morgan fingerprint density at radius 2 is 1.76 bits per heavy atom. The molecule has 3 aromatic rings. The van der Waals surface area contributed by atoms with Crippen LogP contribution in [-0.4, -0.2) is 9.67 Å². The van der Waals surface area contributed by atoms with Crippen molar-refractivity contribution in [2.75, 3.05) is 0 Å². The fourth-order valence-corrected chi connectivity index (χ4v) is 2.47. The van der Waals surface area contributed by atoms with E-state index >= 15 is 0 Å². The molecule has 0 spiro atoms. The van der Waals surface area contributed by atoms with E-state index in [1.807, 2.05) is 42.6 Å². The molecule has 0 radical (unpaired) electrons. The summed E-state index contributed by atoms with van der Waals surface area (Å²) in [5, 5.41) is 9.32. The van der Waals surface area contributed by atoms with Gasteiger partial charge >= 0.3 is 0 Å². The second-order valence-electron chi connectivity index (χ2n) is 5.00. The molecule has 3 rings (SSSR count). The average Bonchev–Trinajstić information content (AvgIpc) is 3.05. The summed E-state index contributed by atoms with van der Waals surface area (Å²) in [6, 6.07) is 18.2. The summed E-state index contributed by atoms with van der Waals surface area (Å²) in [5.74, 6) is 0. The first-order chi connectivity index (χ1) is 10.3. The van der Waals surface area contributed by atoms with Gasteiger partial charge in [0.15, 0.2) is 0 Å². The van der Waals surface area contributed by atoms with Crippen LogP contribution in [0.5, 0.6) is 0 Å². The highest BCUT2D eigenvalue weighted by molar-refractivity contribution is 5.63. The van der Waals surface area contributed by atoms with E-state index < -0.39 is 0 Å². The van der Waals surface area contributed by atoms with E-state index in [0.717, 1.165) is 22.4 Å². The van der Waals surface area contributed by atoms with Gasteiger partial charge in [0, 0.05) is 24.6 Å². The normalized spacial score (nSPS) is 10.8. The smallest absolute Gasteiger partial charge is 0.0682 e. The lowest BCUT2D eigenvalue weighted by Crippen LogP contribution is -2.04. The van der Waals surface area contributed by atoms with Gasteiger partial charge in [-0.25, -0.2) is 0 Å². The van der Waals surface area contributed by atoms with Gasteiger partial charge in [-0.3, -0.25) is 0 Å². The van der Waals surface area contributed by atoms with E-state index in [9.17, 15) is 5.11 Å². The molecule has 21 heavy (non-hydrogen) atoms. The molecule has 0 aliphatic rings. The zero-order valence-electron chi connectivity index (χ0n) is 11.7. The molecule has 0 unspecified atom stereocenters. The number of aliphatic hydroxyl groups is 1. The lowest BCUT2D eigenvalue weighted by Gasteiger charge is -2.11. The number of rotatable bonds is 4. The standard InChI is InChI=1S/C18H18N2O/c19-11-16-7-6-14(13-21)10-18(16)20-9-8-17(12-20)15-4-2-1-3-5-15/h1-10,12,21H,11,13,19H2. The molecule has 0 saturated heterocycles. The third-order valence-corrected chi connectivity index (χ3v) is 3.63. The maximum absolute atomic E-state index is 9.32. The van der Waals surface area contributed by atoms with Crippen molar-refractivity contribution in [3.63, 3.8) is 0 Å². The highest BCUT2D eigenvalue weighted by atomic mass is 16.3. The molecule has 2 aromatic carbocycles. The molecule has 0 aliphatic heterocycles. The van der Waals surface area contributed by atoms with Crippen LogP contribution in [0.1, 0.15) is 11.1 Å². The van der Waals surface area contributed by atoms with Gasteiger partial charge in [-0.15, -0.1) is 0 Å². The fourth-order valence-electron chi connectivity index (χ4n) is 2.47. The molecule has 0 bridgehead atoms. The van der Waals surface area contributed by atoms with E-state index in [-0.39, 0.29) is 6.61 Å². The van der Waals surface area contributed by atoms with Crippen LogP contribution >= 0.6 is 0 Å². The molecule has 106 valence electrons. The van der Waals surface area contributed by atoms with Gasteiger partial charge in [0.1, 0.15) is 0 Å². The van der Waals surface area contributed by atoms with Crippen LogP contribution < -0.4 is 5.73 Å². The molecule has 1 aromatic heterocycles. The molecular weight excluding hydrogens is 260 g/mol. The van der Waals surface area contributed by atoms with Crippen molar-refractivity contribution in [3.8, 4) is 16.8 Å². The number of benzene rings is 2. The van der Waals surface area contributed by atoms with E-state index in [1.165, 1.54) is 5.56 Å². The summed E-state index contributed by atoms with van der Waals surface area (Å²) in [6.45, 7) is 0.505. The van der Waals surface area contributed by atoms with E-state index in [4.69, 9.17) is 5.73 Å². The number of aliphatic hydroxyl groups excluding tert-OH is 1. The quantitative estimate of drug-likeness (QED) is 0.770. The molecule has 3 nitrogen and oxygen atoms in total. The highest BCUT2D eigenvalue weighted by Gasteiger charge is 2.06. The third kappa shape index (κ3) is 2.75. The van der Waals surface area contributed by atoms with Gasteiger partial charge in [0.25, 0.3) is 0 Å². The zero-order chi connectivity index (χ0) is 14.7. The second kappa shape index (κ2) is 5.95. The summed E-state index contributed by atoms with van der Waals surface area (Å²) in [4.78, 5) is 0. The van der Waals surface area contributed by atoms with Crippen molar-refractivity contribution >= 4 is 0 Å². The maximum Gasteiger partial charge on any atom is 0.0682 e. The summed E-state index contributed by atoms with van der Waals surface area (Å²) < 4.78 is 2.06. The fraction of sp³-hybridized carbons (Fsp3) is 0.111. The Labute approximate surface area is 124 Å². The Morgan fingerprint density at radius 3 is 2.48 bits per heavy atom. The number of nitrogens with two attached hydrogens (primary N) is 1. The average molecular weight is 278 g/mol. The first-order valence-electron chi connectivity index (χ1n) is 6.98. The van der Waals surface area contributed by atoms with Crippen molar-refractivity contribution in [3.05, 3.63) is 78.1 Å². The Bertz CT molecular complexity index is 732. The lowest BCUT2D eigenvalue weighted by atomic mass is 10.1. The van der Waals surface area contributed by atoms with Crippen LogP contribution in [0.15, 0.2) is 67.0 Å². The van der Waals surface area contributed by atoms with E-state index in [1.54, 1.807) is 0 Å². The van der Waals surface area contributed by atoms with Gasteiger partial charge in [-0.2, -0.15) is 0 Å².